The van der Waals surface area contributed by atoms with Crippen molar-refractivity contribution in [2.24, 2.45) is 0 Å². The van der Waals surface area contributed by atoms with Crippen molar-refractivity contribution in [3.05, 3.63) is 62.8 Å². The Balaban J connectivity index is 2.03. The highest BCUT2D eigenvalue weighted by Crippen LogP contribution is 2.32. The van der Waals surface area contributed by atoms with Crippen molar-refractivity contribution in [3.8, 4) is 0 Å². The number of pyridine rings is 1. The molecule has 10 heteroatoms. The number of benzene rings is 1. The van der Waals surface area contributed by atoms with Crippen LogP contribution in [0.4, 0.5) is 24.7 Å². The Labute approximate surface area is 139 Å². The molecule has 0 amide bonds. The number of nitro benzene ring substituents is 1. The van der Waals surface area contributed by atoms with Crippen molar-refractivity contribution < 1.29 is 23.2 Å². The van der Waals surface area contributed by atoms with Gasteiger partial charge in [-0.3, -0.25) is 10.1 Å². The number of rotatable bonds is 5. The molecule has 0 saturated heterocycles. The summed E-state index contributed by atoms with van der Waals surface area (Å²) in [5.74, 6) is -0.00868. The van der Waals surface area contributed by atoms with Gasteiger partial charge in [0.25, 0.3) is 5.69 Å². The lowest BCUT2D eigenvalue weighted by molar-refractivity contribution is -0.384. The summed E-state index contributed by atoms with van der Waals surface area (Å²) in [4.78, 5) is 13.6. The molecule has 0 unspecified atom stereocenters. The molecule has 1 heterocycles. The number of aliphatic hydroxyl groups is 1. The first kappa shape index (κ1) is 18.0. The normalized spacial score (nSPS) is 12.7. The zero-order valence-electron chi connectivity index (χ0n) is 11.9. The van der Waals surface area contributed by atoms with Gasteiger partial charge >= 0.3 is 6.18 Å². The smallest absolute Gasteiger partial charge is 0.387 e. The minimum atomic E-state index is -4.55. The summed E-state index contributed by atoms with van der Waals surface area (Å²) in [6.07, 6.45) is -4.97. The molecule has 2 aromatic rings. The third kappa shape index (κ3) is 4.33. The molecule has 0 bridgehead atoms. The van der Waals surface area contributed by atoms with Crippen LogP contribution in [0.2, 0.25) is 5.02 Å². The van der Waals surface area contributed by atoms with Crippen LogP contribution in [0.25, 0.3) is 0 Å². The second-order valence-electron chi connectivity index (χ2n) is 4.80. The fourth-order valence-electron chi connectivity index (χ4n) is 1.85. The van der Waals surface area contributed by atoms with Crippen molar-refractivity contribution in [2.45, 2.75) is 12.3 Å². The lowest BCUT2D eigenvalue weighted by Crippen LogP contribution is -2.14. The van der Waals surface area contributed by atoms with Gasteiger partial charge in [-0.25, -0.2) is 4.98 Å². The number of hydrogen-bond donors (Lipinski definition) is 2. The van der Waals surface area contributed by atoms with Crippen molar-refractivity contribution in [1.29, 1.82) is 0 Å². The maximum absolute atomic E-state index is 12.5. The van der Waals surface area contributed by atoms with E-state index >= 15 is 0 Å². The number of alkyl halides is 3. The molecule has 6 nitrogen and oxygen atoms in total. The van der Waals surface area contributed by atoms with Crippen LogP contribution < -0.4 is 5.32 Å². The minimum Gasteiger partial charge on any atom is -0.387 e. The van der Waals surface area contributed by atoms with Gasteiger partial charge in [-0.15, -0.1) is 0 Å². The van der Waals surface area contributed by atoms with Gasteiger partial charge in [-0.1, -0.05) is 11.6 Å². The first-order valence-electron chi connectivity index (χ1n) is 6.57. The van der Waals surface area contributed by atoms with Gasteiger partial charge in [-0.2, -0.15) is 13.2 Å². The zero-order chi connectivity index (χ0) is 17.9. The third-order valence-corrected chi connectivity index (χ3v) is 3.41. The third-order valence-electron chi connectivity index (χ3n) is 3.12. The Hall–Kier alpha value is -2.39. The molecular weight excluding hydrogens is 351 g/mol. The van der Waals surface area contributed by atoms with Crippen molar-refractivity contribution in [2.75, 3.05) is 11.9 Å². The van der Waals surface area contributed by atoms with E-state index in [0.29, 0.717) is 11.8 Å². The predicted molar refractivity (Wildman–Crippen MR) is 80.8 cm³/mol. The number of nitrogens with zero attached hydrogens (tertiary/aromatic N) is 2. The molecule has 2 N–H and O–H groups in total. The first-order valence-corrected chi connectivity index (χ1v) is 6.95. The van der Waals surface area contributed by atoms with E-state index in [1.807, 2.05) is 0 Å². The van der Waals surface area contributed by atoms with Gasteiger partial charge < -0.3 is 10.4 Å². The summed E-state index contributed by atoms with van der Waals surface area (Å²) in [7, 11) is 0. The summed E-state index contributed by atoms with van der Waals surface area (Å²) in [6.45, 7) is -0.0874. The quantitative estimate of drug-likeness (QED) is 0.624. The van der Waals surface area contributed by atoms with Gasteiger partial charge in [0.1, 0.15) is 5.82 Å². The zero-order valence-corrected chi connectivity index (χ0v) is 12.7. The molecule has 24 heavy (non-hydrogen) atoms. The van der Waals surface area contributed by atoms with Crippen LogP contribution in [-0.2, 0) is 6.18 Å². The second-order valence-corrected chi connectivity index (χ2v) is 5.20. The molecule has 0 aliphatic rings. The lowest BCUT2D eigenvalue weighted by atomic mass is 10.1. The van der Waals surface area contributed by atoms with Gasteiger partial charge in [0, 0.05) is 24.9 Å². The number of anilines is 1. The number of non-ortho nitro benzene ring substituents is 1. The molecule has 1 aromatic heterocycles. The van der Waals surface area contributed by atoms with Crippen LogP contribution in [-0.4, -0.2) is 21.6 Å². The van der Waals surface area contributed by atoms with Gasteiger partial charge in [0.2, 0.25) is 0 Å². The van der Waals surface area contributed by atoms with E-state index in [1.165, 1.54) is 24.3 Å². The fraction of sp³-hybridized carbons (Fsp3) is 0.214. The molecule has 0 aliphatic heterocycles. The number of aliphatic hydroxyl groups excluding tert-OH is 1. The van der Waals surface area contributed by atoms with Crippen LogP contribution >= 0.6 is 11.6 Å². The number of nitrogens with one attached hydrogen (secondary N) is 1. The number of halogens is 4. The van der Waals surface area contributed by atoms with Crippen molar-refractivity contribution in [1.82, 2.24) is 4.98 Å². The average Bonchev–Trinajstić information content (AvgIpc) is 2.52. The molecule has 0 radical (unpaired) electrons. The highest BCUT2D eigenvalue weighted by molar-refractivity contribution is 6.32. The van der Waals surface area contributed by atoms with Crippen molar-refractivity contribution >= 4 is 23.1 Å². The van der Waals surface area contributed by atoms with Gasteiger partial charge in [-0.05, 0) is 23.8 Å². The maximum atomic E-state index is 12.5. The molecule has 2 rings (SSSR count). The second kappa shape index (κ2) is 7.02. The van der Waals surface area contributed by atoms with Crippen molar-refractivity contribution in [3.63, 3.8) is 0 Å². The van der Waals surface area contributed by atoms with E-state index in [9.17, 15) is 28.4 Å². The standard InChI is InChI=1S/C14H11ClF3N3O3/c15-11-5-9(14(16,17)18)6-19-13(11)20-7-12(22)8-1-3-10(4-2-8)21(23)24/h1-6,12,22H,7H2,(H,19,20)/t12-/m0/s1. The molecule has 0 fully saturated rings. The number of hydrogen-bond acceptors (Lipinski definition) is 5. The maximum Gasteiger partial charge on any atom is 0.417 e. The van der Waals surface area contributed by atoms with Crippen LogP contribution in [0.1, 0.15) is 17.2 Å². The SMILES string of the molecule is O=[N+]([O-])c1ccc([C@@H](O)CNc2ncc(C(F)(F)F)cc2Cl)cc1. The Bertz CT molecular complexity index is 738. The summed E-state index contributed by atoms with van der Waals surface area (Å²) in [5, 5.41) is 23.0. The average molecular weight is 362 g/mol. The molecule has 1 atom stereocenters. The van der Waals surface area contributed by atoms with Gasteiger partial charge in [0.15, 0.2) is 0 Å². The first-order chi connectivity index (χ1) is 11.2. The summed E-state index contributed by atoms with van der Waals surface area (Å²) < 4.78 is 37.6. The Kier molecular flexibility index (Phi) is 5.25. The van der Waals surface area contributed by atoms with Crippen LogP contribution in [0, 0.1) is 10.1 Å². The summed E-state index contributed by atoms with van der Waals surface area (Å²) in [6, 6.07) is 5.97. The molecule has 0 aliphatic carbocycles. The fourth-order valence-corrected chi connectivity index (χ4v) is 2.09. The highest BCUT2D eigenvalue weighted by atomic mass is 35.5. The molecule has 0 spiro atoms. The Morgan fingerprint density at radius 2 is 1.96 bits per heavy atom. The number of nitro groups is 1. The molecule has 128 valence electrons. The topological polar surface area (TPSA) is 88.3 Å². The molecule has 0 saturated carbocycles. The predicted octanol–water partition coefficient (Wildman–Crippen LogP) is 3.81. The van der Waals surface area contributed by atoms with E-state index in [4.69, 9.17) is 11.6 Å². The number of aromatic nitrogens is 1. The van der Waals surface area contributed by atoms with Crippen LogP contribution in [0.3, 0.4) is 0 Å². The van der Waals surface area contributed by atoms with E-state index in [0.717, 1.165) is 6.07 Å². The largest absolute Gasteiger partial charge is 0.417 e. The summed E-state index contributed by atoms with van der Waals surface area (Å²) in [5.41, 5.74) is -0.698. The Morgan fingerprint density at radius 1 is 1.33 bits per heavy atom. The summed E-state index contributed by atoms with van der Waals surface area (Å²) >= 11 is 5.74. The van der Waals surface area contributed by atoms with Gasteiger partial charge in [0.05, 0.1) is 21.6 Å². The minimum absolute atomic E-state index is 0.00868. The van der Waals surface area contributed by atoms with E-state index in [1.54, 1.807) is 0 Å². The van der Waals surface area contributed by atoms with Crippen LogP contribution in [0.5, 0.6) is 0 Å². The van der Waals surface area contributed by atoms with E-state index < -0.39 is 22.8 Å². The molecular formula is C14H11ClF3N3O3. The highest BCUT2D eigenvalue weighted by Gasteiger charge is 2.31. The van der Waals surface area contributed by atoms with E-state index in [2.05, 4.69) is 10.3 Å². The molecule has 1 aromatic carbocycles. The Morgan fingerprint density at radius 3 is 2.46 bits per heavy atom. The monoisotopic (exact) mass is 361 g/mol. The van der Waals surface area contributed by atoms with Crippen LogP contribution in [0.15, 0.2) is 36.5 Å². The lowest BCUT2D eigenvalue weighted by Gasteiger charge is -2.14. The van der Waals surface area contributed by atoms with E-state index in [-0.39, 0.29) is 23.1 Å².